The number of nitrogens with one attached hydrogen (secondary N) is 1. The Labute approximate surface area is 157 Å². The Bertz CT molecular complexity index is 828. The van der Waals surface area contributed by atoms with Crippen molar-refractivity contribution in [1.29, 1.82) is 0 Å². The molecule has 0 saturated carbocycles. The van der Waals surface area contributed by atoms with Crippen LogP contribution >= 0.6 is 11.3 Å². The Morgan fingerprint density at radius 3 is 2.67 bits per heavy atom. The van der Waals surface area contributed by atoms with Gasteiger partial charge in [0.2, 0.25) is 0 Å². The van der Waals surface area contributed by atoms with E-state index in [-0.39, 0.29) is 12.2 Å². The summed E-state index contributed by atoms with van der Waals surface area (Å²) in [6, 6.07) is 11.9. The van der Waals surface area contributed by atoms with Crippen molar-refractivity contribution in [3.63, 3.8) is 0 Å². The van der Waals surface area contributed by atoms with Gasteiger partial charge in [-0.25, -0.2) is 4.79 Å². The highest BCUT2D eigenvalue weighted by atomic mass is 32.1. The van der Waals surface area contributed by atoms with Crippen LogP contribution in [0.4, 0.5) is 23.7 Å². The van der Waals surface area contributed by atoms with Crippen molar-refractivity contribution in [2.75, 3.05) is 5.32 Å². The van der Waals surface area contributed by atoms with Gasteiger partial charge in [0.1, 0.15) is 11.5 Å². The number of carbonyl (C=O) groups excluding carboxylic acids is 1. The Balaban J connectivity index is 1.72. The van der Waals surface area contributed by atoms with Crippen LogP contribution in [0, 0.1) is 0 Å². The van der Waals surface area contributed by atoms with E-state index in [0.717, 1.165) is 17.0 Å². The van der Waals surface area contributed by atoms with Gasteiger partial charge in [0, 0.05) is 16.6 Å². The lowest BCUT2D eigenvalue weighted by molar-refractivity contribution is -0.274. The summed E-state index contributed by atoms with van der Waals surface area (Å²) >= 11 is 1.50. The number of rotatable bonds is 6. The molecule has 0 radical (unpaired) electrons. The Morgan fingerprint density at radius 2 is 2.00 bits per heavy atom. The number of benzene rings is 1. The minimum absolute atomic E-state index is 0.192. The van der Waals surface area contributed by atoms with Gasteiger partial charge in [-0.3, -0.25) is 0 Å². The monoisotopic (exact) mass is 396 g/mol. The molecule has 2 amide bonds. The van der Waals surface area contributed by atoms with Crippen molar-refractivity contribution < 1.29 is 27.1 Å². The van der Waals surface area contributed by atoms with Gasteiger partial charge in [-0.05, 0) is 35.7 Å². The molecule has 0 aliphatic rings. The van der Waals surface area contributed by atoms with Gasteiger partial charge in [-0.2, -0.15) is 0 Å². The zero-order valence-electron chi connectivity index (χ0n) is 13.9. The molecule has 27 heavy (non-hydrogen) atoms. The average Bonchev–Trinajstić information content (AvgIpc) is 3.26. The molecule has 0 atom stereocenters. The van der Waals surface area contributed by atoms with Gasteiger partial charge >= 0.3 is 12.4 Å². The van der Waals surface area contributed by atoms with Crippen LogP contribution in [-0.2, 0) is 13.1 Å². The van der Waals surface area contributed by atoms with Crippen molar-refractivity contribution in [3.05, 3.63) is 70.8 Å². The fourth-order valence-electron chi connectivity index (χ4n) is 2.35. The fraction of sp³-hybridized carbons (Fsp3) is 0.167. The van der Waals surface area contributed by atoms with Crippen molar-refractivity contribution >= 4 is 23.1 Å². The standard InChI is InChI=1S/C18H15F3N2O3S/c19-18(20,21)26-14-5-1-4-13(10-14)22-17(24)23(11-15-6-2-8-25-15)12-16-7-3-9-27-16/h1-10H,11-12H2,(H,22,24). The van der Waals surface area contributed by atoms with E-state index in [1.165, 1.54) is 34.6 Å². The first-order valence-electron chi connectivity index (χ1n) is 7.85. The maximum atomic E-state index is 12.7. The van der Waals surface area contributed by atoms with Crippen LogP contribution < -0.4 is 10.1 Å². The molecule has 0 saturated heterocycles. The first-order chi connectivity index (χ1) is 12.9. The molecule has 9 heteroatoms. The number of carbonyl (C=O) groups is 1. The zero-order chi connectivity index (χ0) is 19.3. The summed E-state index contributed by atoms with van der Waals surface area (Å²) in [6.45, 7) is 0.554. The summed E-state index contributed by atoms with van der Waals surface area (Å²) in [5, 5.41) is 4.49. The highest BCUT2D eigenvalue weighted by Gasteiger charge is 2.31. The molecular formula is C18H15F3N2O3S. The predicted octanol–water partition coefficient (Wildman–Crippen LogP) is 5.47. The molecule has 2 heterocycles. The molecular weight excluding hydrogens is 381 g/mol. The van der Waals surface area contributed by atoms with Crippen LogP contribution in [0.15, 0.2) is 64.6 Å². The second-order valence-corrected chi connectivity index (χ2v) is 6.55. The number of halogens is 3. The van der Waals surface area contributed by atoms with Crippen LogP contribution in [0.25, 0.3) is 0 Å². The molecule has 2 aromatic heterocycles. The molecule has 3 aromatic rings. The van der Waals surface area contributed by atoms with Gasteiger partial charge in [-0.1, -0.05) is 12.1 Å². The molecule has 142 valence electrons. The Kier molecular flexibility index (Phi) is 5.70. The molecule has 0 unspecified atom stereocenters. The Hall–Kier alpha value is -2.94. The summed E-state index contributed by atoms with van der Waals surface area (Å²) in [7, 11) is 0. The summed E-state index contributed by atoms with van der Waals surface area (Å²) in [6.07, 6.45) is -3.29. The van der Waals surface area contributed by atoms with E-state index in [2.05, 4.69) is 10.1 Å². The third kappa shape index (κ3) is 5.78. The highest BCUT2D eigenvalue weighted by molar-refractivity contribution is 7.09. The van der Waals surface area contributed by atoms with E-state index in [4.69, 9.17) is 4.42 Å². The summed E-state index contributed by atoms with van der Waals surface area (Å²) in [5.74, 6) is 0.187. The van der Waals surface area contributed by atoms with E-state index < -0.39 is 18.1 Å². The van der Waals surface area contributed by atoms with Crippen LogP contribution in [0.5, 0.6) is 5.75 Å². The highest BCUT2D eigenvalue weighted by Crippen LogP contribution is 2.25. The second kappa shape index (κ2) is 8.17. The quantitative estimate of drug-likeness (QED) is 0.601. The van der Waals surface area contributed by atoms with Gasteiger partial charge in [0.15, 0.2) is 0 Å². The molecule has 0 aliphatic carbocycles. The number of hydrogen-bond donors (Lipinski definition) is 1. The minimum Gasteiger partial charge on any atom is -0.467 e. The van der Waals surface area contributed by atoms with Gasteiger partial charge in [0.05, 0.1) is 19.4 Å². The maximum Gasteiger partial charge on any atom is 0.573 e. The number of urea groups is 1. The molecule has 0 spiro atoms. The third-order valence-corrected chi connectivity index (χ3v) is 4.32. The number of amides is 2. The van der Waals surface area contributed by atoms with Crippen molar-refractivity contribution in [2.24, 2.45) is 0 Å². The number of nitrogens with zero attached hydrogens (tertiary/aromatic N) is 1. The van der Waals surface area contributed by atoms with Crippen LogP contribution in [0.2, 0.25) is 0 Å². The fourth-order valence-corrected chi connectivity index (χ4v) is 3.07. The molecule has 0 fully saturated rings. The lowest BCUT2D eigenvalue weighted by Crippen LogP contribution is -2.33. The van der Waals surface area contributed by atoms with E-state index >= 15 is 0 Å². The van der Waals surface area contributed by atoms with Crippen molar-refractivity contribution in [2.45, 2.75) is 19.5 Å². The summed E-state index contributed by atoms with van der Waals surface area (Å²) < 4.78 is 46.3. The predicted molar refractivity (Wildman–Crippen MR) is 94.4 cm³/mol. The topological polar surface area (TPSA) is 54.7 Å². The van der Waals surface area contributed by atoms with E-state index in [9.17, 15) is 18.0 Å². The van der Waals surface area contributed by atoms with Gasteiger partial charge in [-0.15, -0.1) is 24.5 Å². The first kappa shape index (κ1) is 18.8. The number of anilines is 1. The largest absolute Gasteiger partial charge is 0.573 e. The van der Waals surface area contributed by atoms with Crippen molar-refractivity contribution in [3.8, 4) is 5.75 Å². The number of thiophene rings is 1. The lowest BCUT2D eigenvalue weighted by atomic mass is 10.3. The molecule has 1 aromatic carbocycles. The summed E-state index contributed by atoms with van der Waals surface area (Å²) in [4.78, 5) is 15.1. The Morgan fingerprint density at radius 1 is 1.15 bits per heavy atom. The van der Waals surface area contributed by atoms with Crippen LogP contribution in [0.3, 0.4) is 0 Å². The smallest absolute Gasteiger partial charge is 0.467 e. The maximum absolute atomic E-state index is 12.7. The third-order valence-electron chi connectivity index (χ3n) is 3.46. The van der Waals surface area contributed by atoms with Gasteiger partial charge < -0.3 is 19.4 Å². The molecule has 5 nitrogen and oxygen atoms in total. The second-order valence-electron chi connectivity index (χ2n) is 5.52. The van der Waals surface area contributed by atoms with Crippen molar-refractivity contribution in [1.82, 2.24) is 4.90 Å². The number of ether oxygens (including phenoxy) is 1. The SMILES string of the molecule is O=C(Nc1cccc(OC(F)(F)F)c1)N(Cc1ccco1)Cc1cccs1. The minimum atomic E-state index is -4.80. The first-order valence-corrected chi connectivity index (χ1v) is 8.73. The molecule has 0 aliphatic heterocycles. The van der Waals surface area contributed by atoms with E-state index in [1.54, 1.807) is 12.1 Å². The van der Waals surface area contributed by atoms with E-state index in [1.807, 2.05) is 17.5 Å². The summed E-state index contributed by atoms with van der Waals surface area (Å²) in [5.41, 5.74) is 0.192. The lowest BCUT2D eigenvalue weighted by Gasteiger charge is -2.22. The number of furan rings is 1. The molecule has 0 bridgehead atoms. The molecule has 3 rings (SSSR count). The molecule has 1 N–H and O–H groups in total. The van der Waals surface area contributed by atoms with Gasteiger partial charge in [0.25, 0.3) is 0 Å². The van der Waals surface area contributed by atoms with Crippen LogP contribution in [-0.4, -0.2) is 17.3 Å². The van der Waals surface area contributed by atoms with E-state index in [0.29, 0.717) is 12.3 Å². The zero-order valence-corrected chi connectivity index (χ0v) is 14.7. The average molecular weight is 396 g/mol. The van der Waals surface area contributed by atoms with Crippen LogP contribution in [0.1, 0.15) is 10.6 Å². The number of hydrogen-bond acceptors (Lipinski definition) is 4. The number of alkyl halides is 3. The normalized spacial score (nSPS) is 11.2.